The van der Waals surface area contributed by atoms with Crippen molar-refractivity contribution in [1.82, 2.24) is 0 Å². The Bertz CT molecular complexity index is 143. The molecular weight excluding hydrogens is 160 g/mol. The lowest BCUT2D eigenvalue weighted by Gasteiger charge is -1.99. The second-order valence-electron chi connectivity index (χ2n) is 1.74. The van der Waals surface area contributed by atoms with E-state index in [1.807, 2.05) is 6.08 Å². The molecule has 0 spiro atoms. The van der Waals surface area contributed by atoms with Gasteiger partial charge in [-0.25, -0.2) is 4.79 Å². The summed E-state index contributed by atoms with van der Waals surface area (Å²) in [6.45, 7) is 7.29. The molecular formula is C8H12O2S. The van der Waals surface area contributed by atoms with Gasteiger partial charge in [0.25, 0.3) is 0 Å². The summed E-state index contributed by atoms with van der Waals surface area (Å²) in [6.07, 6.45) is 2.98. The smallest absolute Gasteiger partial charge is 0.330 e. The Kier molecular flexibility index (Phi) is 6.94. The van der Waals surface area contributed by atoms with Crippen LogP contribution in [0.25, 0.3) is 0 Å². The zero-order valence-corrected chi connectivity index (χ0v) is 7.23. The van der Waals surface area contributed by atoms with Crippen molar-refractivity contribution in [3.63, 3.8) is 0 Å². The average molecular weight is 172 g/mol. The van der Waals surface area contributed by atoms with Gasteiger partial charge in [-0.15, -0.1) is 6.58 Å². The van der Waals surface area contributed by atoms with E-state index in [0.717, 1.165) is 17.6 Å². The Morgan fingerprint density at radius 1 is 1.55 bits per heavy atom. The van der Waals surface area contributed by atoms with E-state index in [4.69, 9.17) is 4.74 Å². The molecule has 0 bridgehead atoms. The number of ether oxygens (including phenoxy) is 1. The predicted molar refractivity (Wildman–Crippen MR) is 48.7 cm³/mol. The molecule has 2 nitrogen and oxygen atoms in total. The second-order valence-corrected chi connectivity index (χ2v) is 2.89. The maximum absolute atomic E-state index is 10.5. The van der Waals surface area contributed by atoms with Gasteiger partial charge in [0, 0.05) is 17.6 Å². The van der Waals surface area contributed by atoms with Gasteiger partial charge in [-0.05, 0) is 0 Å². The summed E-state index contributed by atoms with van der Waals surface area (Å²) < 4.78 is 4.73. The molecule has 0 fully saturated rings. The zero-order valence-electron chi connectivity index (χ0n) is 6.41. The van der Waals surface area contributed by atoms with Crippen LogP contribution in [0.1, 0.15) is 0 Å². The molecule has 0 radical (unpaired) electrons. The van der Waals surface area contributed by atoms with Crippen LogP contribution in [0.15, 0.2) is 25.3 Å². The standard InChI is InChI=1S/C8H12O2S/c1-3-6-11-7-5-10-8(9)4-2/h3-4H,1-2,5-7H2. The van der Waals surface area contributed by atoms with Gasteiger partial charge in [-0.2, -0.15) is 11.8 Å². The fourth-order valence-electron chi connectivity index (χ4n) is 0.427. The Hall–Kier alpha value is -0.700. The van der Waals surface area contributed by atoms with Crippen molar-refractivity contribution in [2.45, 2.75) is 0 Å². The highest BCUT2D eigenvalue weighted by Gasteiger charge is 1.93. The van der Waals surface area contributed by atoms with E-state index in [9.17, 15) is 4.79 Å². The molecule has 0 atom stereocenters. The Labute approximate surface area is 71.3 Å². The number of esters is 1. The molecule has 62 valence electrons. The minimum atomic E-state index is -0.357. The van der Waals surface area contributed by atoms with E-state index < -0.39 is 0 Å². The van der Waals surface area contributed by atoms with Crippen molar-refractivity contribution in [3.8, 4) is 0 Å². The maximum atomic E-state index is 10.5. The summed E-state index contributed by atoms with van der Waals surface area (Å²) in [5.74, 6) is 1.35. The van der Waals surface area contributed by atoms with E-state index in [1.165, 1.54) is 0 Å². The number of hydrogen-bond donors (Lipinski definition) is 0. The first-order valence-corrected chi connectivity index (χ1v) is 4.44. The van der Waals surface area contributed by atoms with Gasteiger partial charge in [-0.1, -0.05) is 12.7 Å². The lowest BCUT2D eigenvalue weighted by Crippen LogP contribution is -2.03. The van der Waals surface area contributed by atoms with Crippen molar-refractivity contribution >= 4 is 17.7 Å². The van der Waals surface area contributed by atoms with E-state index in [-0.39, 0.29) is 5.97 Å². The lowest BCUT2D eigenvalue weighted by molar-refractivity contribution is -0.137. The lowest BCUT2D eigenvalue weighted by atomic mass is 10.6. The van der Waals surface area contributed by atoms with E-state index in [0.29, 0.717) is 6.61 Å². The SMILES string of the molecule is C=CCSCCOC(=O)C=C. The maximum Gasteiger partial charge on any atom is 0.330 e. The number of thioether (sulfide) groups is 1. The van der Waals surface area contributed by atoms with Crippen molar-refractivity contribution in [3.05, 3.63) is 25.3 Å². The van der Waals surface area contributed by atoms with Crippen LogP contribution in [0, 0.1) is 0 Å². The molecule has 0 aromatic heterocycles. The van der Waals surface area contributed by atoms with Gasteiger partial charge in [0.05, 0.1) is 0 Å². The molecule has 0 rings (SSSR count). The number of carbonyl (C=O) groups excluding carboxylic acids is 1. The molecule has 11 heavy (non-hydrogen) atoms. The van der Waals surface area contributed by atoms with Gasteiger partial charge < -0.3 is 4.74 Å². The van der Waals surface area contributed by atoms with Crippen LogP contribution in [0.3, 0.4) is 0 Å². The summed E-state index contributed by atoms with van der Waals surface area (Å²) in [6, 6.07) is 0. The molecule has 0 saturated heterocycles. The molecule has 0 aliphatic rings. The number of rotatable bonds is 6. The largest absolute Gasteiger partial charge is 0.462 e. The van der Waals surface area contributed by atoms with Gasteiger partial charge >= 0.3 is 5.97 Å². The molecule has 0 aliphatic carbocycles. The molecule has 0 unspecified atom stereocenters. The van der Waals surface area contributed by atoms with Gasteiger partial charge in [0.1, 0.15) is 6.61 Å². The topological polar surface area (TPSA) is 26.3 Å². The normalized spacial score (nSPS) is 8.73. The first kappa shape index (κ1) is 10.3. The van der Waals surface area contributed by atoms with E-state index >= 15 is 0 Å². The van der Waals surface area contributed by atoms with Crippen molar-refractivity contribution in [1.29, 1.82) is 0 Å². The molecule has 3 heteroatoms. The van der Waals surface area contributed by atoms with Gasteiger partial charge in [0.15, 0.2) is 0 Å². The van der Waals surface area contributed by atoms with Crippen molar-refractivity contribution in [2.24, 2.45) is 0 Å². The van der Waals surface area contributed by atoms with Crippen LogP contribution in [-0.4, -0.2) is 24.1 Å². The summed E-state index contributed by atoms with van der Waals surface area (Å²) in [5.41, 5.74) is 0. The molecule has 0 aromatic carbocycles. The summed E-state index contributed by atoms with van der Waals surface area (Å²) in [5, 5.41) is 0. The van der Waals surface area contributed by atoms with Crippen LogP contribution in [0.5, 0.6) is 0 Å². The van der Waals surface area contributed by atoms with Crippen LogP contribution in [0.4, 0.5) is 0 Å². The van der Waals surface area contributed by atoms with Crippen molar-refractivity contribution in [2.75, 3.05) is 18.1 Å². The number of carbonyl (C=O) groups is 1. The third-order valence-electron chi connectivity index (χ3n) is 0.874. The molecule has 0 saturated carbocycles. The first-order valence-electron chi connectivity index (χ1n) is 3.29. The van der Waals surface area contributed by atoms with Crippen LogP contribution < -0.4 is 0 Å². The van der Waals surface area contributed by atoms with Gasteiger partial charge in [-0.3, -0.25) is 0 Å². The first-order chi connectivity index (χ1) is 5.31. The van der Waals surface area contributed by atoms with E-state index in [1.54, 1.807) is 11.8 Å². The van der Waals surface area contributed by atoms with Crippen LogP contribution >= 0.6 is 11.8 Å². The Morgan fingerprint density at radius 3 is 2.82 bits per heavy atom. The highest BCUT2D eigenvalue weighted by Crippen LogP contribution is 1.98. The minimum absolute atomic E-state index is 0.357. The Morgan fingerprint density at radius 2 is 2.27 bits per heavy atom. The van der Waals surface area contributed by atoms with Crippen LogP contribution in [-0.2, 0) is 9.53 Å². The molecule has 0 aliphatic heterocycles. The molecule has 0 amide bonds. The quantitative estimate of drug-likeness (QED) is 0.264. The summed E-state index contributed by atoms with van der Waals surface area (Å²) in [4.78, 5) is 10.5. The van der Waals surface area contributed by atoms with Crippen molar-refractivity contribution < 1.29 is 9.53 Å². The minimum Gasteiger partial charge on any atom is -0.462 e. The molecule has 0 N–H and O–H groups in total. The highest BCUT2D eigenvalue weighted by molar-refractivity contribution is 7.99. The van der Waals surface area contributed by atoms with Gasteiger partial charge in [0.2, 0.25) is 0 Å². The second kappa shape index (κ2) is 7.41. The summed E-state index contributed by atoms with van der Waals surface area (Å²) in [7, 11) is 0. The number of hydrogen-bond acceptors (Lipinski definition) is 3. The average Bonchev–Trinajstić information content (AvgIpc) is 2.04. The summed E-state index contributed by atoms with van der Waals surface area (Å²) >= 11 is 1.68. The monoisotopic (exact) mass is 172 g/mol. The highest BCUT2D eigenvalue weighted by atomic mass is 32.2. The predicted octanol–water partition coefficient (Wildman–Crippen LogP) is 1.63. The van der Waals surface area contributed by atoms with Crippen LogP contribution in [0.2, 0.25) is 0 Å². The Balaban J connectivity index is 3.07. The molecule has 0 heterocycles. The molecule has 0 aromatic rings. The fraction of sp³-hybridized carbons (Fsp3) is 0.375. The fourth-order valence-corrected chi connectivity index (χ4v) is 0.961. The van der Waals surface area contributed by atoms with E-state index in [2.05, 4.69) is 13.2 Å². The third kappa shape index (κ3) is 7.19. The zero-order chi connectivity index (χ0) is 8.53. The third-order valence-corrected chi connectivity index (χ3v) is 1.80.